The highest BCUT2D eigenvalue weighted by Gasteiger charge is 2.15. The highest BCUT2D eigenvalue weighted by atomic mass is 35.5. The number of piperidine rings is 1. The molecule has 94 valence electrons. The van der Waals surface area contributed by atoms with E-state index >= 15 is 0 Å². The summed E-state index contributed by atoms with van der Waals surface area (Å²) in [4.78, 5) is 6.38. The van der Waals surface area contributed by atoms with E-state index in [0.29, 0.717) is 5.02 Å². The van der Waals surface area contributed by atoms with E-state index < -0.39 is 0 Å². The lowest BCUT2D eigenvalue weighted by Gasteiger charge is -2.29. The van der Waals surface area contributed by atoms with Crippen LogP contribution in [-0.4, -0.2) is 36.6 Å². The van der Waals surface area contributed by atoms with Gasteiger partial charge in [-0.1, -0.05) is 11.6 Å². The van der Waals surface area contributed by atoms with Crippen molar-refractivity contribution in [1.29, 1.82) is 0 Å². The normalized spacial score (nSPS) is 18.2. The molecule has 1 aromatic heterocycles. The molecule has 0 saturated carbocycles. The third kappa shape index (κ3) is 3.86. The van der Waals surface area contributed by atoms with Crippen LogP contribution in [-0.2, 0) is 0 Å². The van der Waals surface area contributed by atoms with Crippen LogP contribution in [0.5, 0.6) is 0 Å². The van der Waals surface area contributed by atoms with Gasteiger partial charge in [0.15, 0.2) is 0 Å². The van der Waals surface area contributed by atoms with Crippen LogP contribution >= 0.6 is 11.6 Å². The Balaban J connectivity index is 1.71. The third-order valence-corrected chi connectivity index (χ3v) is 3.78. The molecule has 0 amide bonds. The van der Waals surface area contributed by atoms with E-state index in [9.17, 15) is 0 Å². The first-order valence-electron chi connectivity index (χ1n) is 6.27. The average Bonchev–Trinajstić information content (AvgIpc) is 2.34. The van der Waals surface area contributed by atoms with Crippen LogP contribution in [0.2, 0.25) is 5.02 Å². The molecule has 2 rings (SSSR count). The van der Waals surface area contributed by atoms with Gasteiger partial charge in [-0.05, 0) is 51.4 Å². The van der Waals surface area contributed by atoms with Crippen molar-refractivity contribution in [3.8, 4) is 0 Å². The molecule has 17 heavy (non-hydrogen) atoms. The topological polar surface area (TPSA) is 28.2 Å². The van der Waals surface area contributed by atoms with Gasteiger partial charge in [0.2, 0.25) is 0 Å². The van der Waals surface area contributed by atoms with Gasteiger partial charge in [0, 0.05) is 18.9 Å². The van der Waals surface area contributed by atoms with Gasteiger partial charge in [0.25, 0.3) is 0 Å². The molecule has 1 aliphatic heterocycles. The Morgan fingerprint density at radius 2 is 2.24 bits per heavy atom. The average molecular weight is 254 g/mol. The number of nitrogens with zero attached hydrogens (tertiary/aromatic N) is 2. The summed E-state index contributed by atoms with van der Waals surface area (Å²) in [5, 5.41) is 4.09. The van der Waals surface area contributed by atoms with Crippen LogP contribution in [0, 0.1) is 5.92 Å². The highest BCUT2D eigenvalue weighted by Crippen LogP contribution is 2.22. The Morgan fingerprint density at radius 3 is 2.94 bits per heavy atom. The van der Waals surface area contributed by atoms with Gasteiger partial charge < -0.3 is 10.2 Å². The minimum absolute atomic E-state index is 0.705. The Labute approximate surface area is 108 Å². The summed E-state index contributed by atoms with van der Waals surface area (Å²) in [6.45, 7) is 3.47. The zero-order chi connectivity index (χ0) is 12.1. The molecular weight excluding hydrogens is 234 g/mol. The van der Waals surface area contributed by atoms with Crippen LogP contribution in [0.3, 0.4) is 0 Å². The first-order chi connectivity index (χ1) is 8.25. The maximum Gasteiger partial charge on any atom is 0.0820 e. The molecule has 0 spiro atoms. The maximum absolute atomic E-state index is 6.03. The van der Waals surface area contributed by atoms with Gasteiger partial charge in [0.05, 0.1) is 10.7 Å². The van der Waals surface area contributed by atoms with Gasteiger partial charge in [-0.25, -0.2) is 0 Å². The Kier molecular flexibility index (Phi) is 4.63. The van der Waals surface area contributed by atoms with Crippen molar-refractivity contribution >= 4 is 17.3 Å². The molecular formula is C13H20ClN3. The number of anilines is 1. The number of halogens is 1. The molecule has 1 N–H and O–H groups in total. The molecule has 1 saturated heterocycles. The summed E-state index contributed by atoms with van der Waals surface area (Å²) in [7, 11) is 2.20. The maximum atomic E-state index is 6.03. The summed E-state index contributed by atoms with van der Waals surface area (Å²) in [5.41, 5.74) is 0.995. The van der Waals surface area contributed by atoms with E-state index in [-0.39, 0.29) is 0 Å². The summed E-state index contributed by atoms with van der Waals surface area (Å²) >= 11 is 6.03. The zero-order valence-electron chi connectivity index (χ0n) is 10.3. The predicted molar refractivity (Wildman–Crippen MR) is 72.6 cm³/mol. The second kappa shape index (κ2) is 6.22. The van der Waals surface area contributed by atoms with Crippen molar-refractivity contribution in [3.63, 3.8) is 0 Å². The second-order valence-corrected chi connectivity index (χ2v) is 5.22. The molecule has 4 heteroatoms. The standard InChI is InChI=1S/C13H20ClN3/c1-17-8-4-11(5-9-17)2-7-16-13-3-6-15-10-12(13)14/h3,6,10-11H,2,4-5,7-9H2,1H3,(H,15,16). The molecule has 0 unspecified atom stereocenters. The lowest BCUT2D eigenvalue weighted by Crippen LogP contribution is -2.30. The van der Waals surface area contributed by atoms with Gasteiger partial charge in [-0.2, -0.15) is 0 Å². The van der Waals surface area contributed by atoms with Crippen LogP contribution in [0.1, 0.15) is 19.3 Å². The van der Waals surface area contributed by atoms with Crippen LogP contribution in [0.15, 0.2) is 18.5 Å². The number of pyridine rings is 1. The summed E-state index contributed by atoms with van der Waals surface area (Å²) < 4.78 is 0. The predicted octanol–water partition coefficient (Wildman–Crippen LogP) is 2.88. The van der Waals surface area contributed by atoms with Crippen LogP contribution in [0.4, 0.5) is 5.69 Å². The number of likely N-dealkylation sites (tertiary alicyclic amines) is 1. The molecule has 0 atom stereocenters. The quantitative estimate of drug-likeness (QED) is 0.895. The van der Waals surface area contributed by atoms with E-state index in [4.69, 9.17) is 11.6 Å². The highest BCUT2D eigenvalue weighted by molar-refractivity contribution is 6.33. The smallest absolute Gasteiger partial charge is 0.0820 e. The molecule has 3 nitrogen and oxygen atoms in total. The number of hydrogen-bond donors (Lipinski definition) is 1. The van der Waals surface area contributed by atoms with Crippen molar-refractivity contribution in [3.05, 3.63) is 23.5 Å². The second-order valence-electron chi connectivity index (χ2n) is 4.82. The minimum Gasteiger partial charge on any atom is -0.384 e. The largest absolute Gasteiger partial charge is 0.384 e. The summed E-state index contributed by atoms with van der Waals surface area (Å²) in [6, 6.07) is 1.93. The Hall–Kier alpha value is -0.800. The number of hydrogen-bond acceptors (Lipinski definition) is 3. The Morgan fingerprint density at radius 1 is 1.47 bits per heavy atom. The fraction of sp³-hybridized carbons (Fsp3) is 0.615. The first-order valence-corrected chi connectivity index (χ1v) is 6.65. The van der Waals surface area contributed by atoms with Gasteiger partial charge in [-0.3, -0.25) is 4.98 Å². The number of rotatable bonds is 4. The molecule has 2 heterocycles. The van der Waals surface area contributed by atoms with Crippen LogP contribution in [0.25, 0.3) is 0 Å². The van der Waals surface area contributed by atoms with Crippen molar-refractivity contribution < 1.29 is 0 Å². The fourth-order valence-corrected chi connectivity index (χ4v) is 2.47. The zero-order valence-corrected chi connectivity index (χ0v) is 11.1. The van der Waals surface area contributed by atoms with E-state index in [1.807, 2.05) is 6.07 Å². The van der Waals surface area contributed by atoms with E-state index in [0.717, 1.165) is 18.2 Å². The number of aromatic nitrogens is 1. The van der Waals surface area contributed by atoms with Crippen LogP contribution < -0.4 is 5.32 Å². The molecule has 0 radical (unpaired) electrons. The molecule has 0 aromatic carbocycles. The Bertz CT molecular complexity index is 348. The molecule has 0 bridgehead atoms. The SMILES string of the molecule is CN1CCC(CCNc2ccncc2Cl)CC1. The monoisotopic (exact) mass is 253 g/mol. The summed E-state index contributed by atoms with van der Waals surface area (Å²) in [6.07, 6.45) is 7.32. The van der Waals surface area contributed by atoms with Gasteiger partial charge in [-0.15, -0.1) is 0 Å². The van der Waals surface area contributed by atoms with Crippen molar-refractivity contribution in [1.82, 2.24) is 9.88 Å². The third-order valence-electron chi connectivity index (χ3n) is 3.48. The van der Waals surface area contributed by atoms with Gasteiger partial charge in [0.1, 0.15) is 0 Å². The van der Waals surface area contributed by atoms with E-state index in [1.54, 1.807) is 12.4 Å². The van der Waals surface area contributed by atoms with E-state index in [2.05, 4.69) is 22.2 Å². The molecule has 1 fully saturated rings. The van der Waals surface area contributed by atoms with Crippen molar-refractivity contribution in [2.75, 3.05) is 32.0 Å². The lowest BCUT2D eigenvalue weighted by molar-refractivity contribution is 0.215. The first kappa shape index (κ1) is 12.7. The van der Waals surface area contributed by atoms with Crippen molar-refractivity contribution in [2.24, 2.45) is 5.92 Å². The fourth-order valence-electron chi connectivity index (χ4n) is 2.28. The lowest BCUT2D eigenvalue weighted by atomic mass is 9.94. The van der Waals surface area contributed by atoms with E-state index in [1.165, 1.54) is 32.4 Å². The van der Waals surface area contributed by atoms with Gasteiger partial charge >= 0.3 is 0 Å². The molecule has 1 aromatic rings. The molecule has 0 aliphatic carbocycles. The molecule has 1 aliphatic rings. The number of nitrogens with one attached hydrogen (secondary N) is 1. The minimum atomic E-state index is 0.705. The summed E-state index contributed by atoms with van der Waals surface area (Å²) in [5.74, 6) is 0.860. The van der Waals surface area contributed by atoms with Crippen molar-refractivity contribution in [2.45, 2.75) is 19.3 Å².